The average Bonchev–Trinajstić information content (AvgIpc) is 4.07. The molecule has 10 nitrogen and oxygen atoms in total. The quantitative estimate of drug-likeness (QED) is 0.142. The number of para-hydroxylation sites is 2. The van der Waals surface area contributed by atoms with Crippen LogP contribution in [-0.4, -0.2) is 38.6 Å². The first-order chi connectivity index (χ1) is 35.2. The average molecular weight is 915 g/mol. The molecule has 0 fully saturated rings. The third-order valence-corrected chi connectivity index (χ3v) is 13.3. The van der Waals surface area contributed by atoms with Crippen molar-refractivity contribution in [2.45, 2.75) is 0 Å². The molecular weight excluding hydrogens is 877 g/mol. The fourth-order valence-corrected chi connectivity index (χ4v) is 10.4. The molecule has 0 spiro atoms. The Morgan fingerprint density at radius 1 is 0.310 bits per heavy atom. The third kappa shape index (κ3) is 6.69. The maximum Gasteiger partial charge on any atom is 0.237 e. The van der Waals surface area contributed by atoms with Gasteiger partial charge in [-0.3, -0.25) is 13.7 Å². The largest absolute Gasteiger partial charge is 0.457 e. The van der Waals surface area contributed by atoms with E-state index in [2.05, 4.69) is 170 Å². The van der Waals surface area contributed by atoms with E-state index >= 15 is 0 Å². The highest BCUT2D eigenvalue weighted by molar-refractivity contribution is 6.17. The van der Waals surface area contributed by atoms with E-state index in [1.165, 1.54) is 12.7 Å². The van der Waals surface area contributed by atoms with E-state index in [9.17, 15) is 0 Å². The molecule has 0 unspecified atom stereocenters. The zero-order chi connectivity index (χ0) is 46.8. The molecule has 0 aliphatic carbocycles. The molecule has 0 aliphatic rings. The fraction of sp³-hybridized carbons (Fsp3) is 0. The number of hydrogen-bond acceptors (Lipinski definition) is 7. The highest BCUT2D eigenvalue weighted by atomic mass is 16.5. The summed E-state index contributed by atoms with van der Waals surface area (Å²) in [6.07, 6.45) is 6.69. The van der Waals surface area contributed by atoms with Crippen molar-refractivity contribution in [2.75, 3.05) is 0 Å². The SMILES string of the molecule is c1ccc(-c2cc(Oc3ccc4c5ccc(Oc6cc(-c7ccccc7)c7c8ccccc8n(-c8ccccn8)c7c6)cc5n(-c5ncncn5)c4c3)cc3c2c2ccccc2n3-c2ccccn2)cc1. The minimum atomic E-state index is 0.467. The van der Waals surface area contributed by atoms with E-state index in [1.807, 2.05) is 77.6 Å². The van der Waals surface area contributed by atoms with Gasteiger partial charge in [-0.25, -0.2) is 24.9 Å². The Labute approximate surface area is 406 Å². The van der Waals surface area contributed by atoms with Crippen molar-refractivity contribution in [3.8, 4) is 62.8 Å². The maximum absolute atomic E-state index is 6.95. The van der Waals surface area contributed by atoms with Crippen molar-refractivity contribution in [3.63, 3.8) is 0 Å². The number of hydrogen-bond donors (Lipinski definition) is 0. The van der Waals surface area contributed by atoms with Gasteiger partial charge < -0.3 is 9.47 Å². The Bertz CT molecular complexity index is 4070. The molecule has 0 atom stereocenters. The van der Waals surface area contributed by atoms with Crippen LogP contribution in [0.25, 0.3) is 105 Å². The number of aromatic nitrogens is 8. The summed E-state index contributed by atoms with van der Waals surface area (Å²) in [6, 6.07) is 70.7. The summed E-state index contributed by atoms with van der Waals surface area (Å²) in [5.41, 5.74) is 10.1. The van der Waals surface area contributed by atoms with Crippen LogP contribution in [0.2, 0.25) is 0 Å². The van der Waals surface area contributed by atoms with Gasteiger partial charge in [0, 0.05) is 69.0 Å². The molecule has 0 bridgehead atoms. The van der Waals surface area contributed by atoms with Crippen molar-refractivity contribution in [1.29, 1.82) is 0 Å². The second-order valence-electron chi connectivity index (χ2n) is 17.4. The second kappa shape index (κ2) is 16.4. The molecule has 10 heteroatoms. The van der Waals surface area contributed by atoms with Gasteiger partial charge in [0.2, 0.25) is 5.95 Å². The van der Waals surface area contributed by atoms with Crippen LogP contribution in [0.15, 0.2) is 231 Å². The minimum absolute atomic E-state index is 0.467. The van der Waals surface area contributed by atoms with E-state index in [-0.39, 0.29) is 0 Å². The molecule has 0 saturated carbocycles. The highest BCUT2D eigenvalue weighted by Gasteiger charge is 2.22. The molecule has 0 radical (unpaired) electrons. The molecule has 0 aliphatic heterocycles. The summed E-state index contributed by atoms with van der Waals surface area (Å²) >= 11 is 0. The second-order valence-corrected chi connectivity index (χ2v) is 17.4. The van der Waals surface area contributed by atoms with Crippen LogP contribution < -0.4 is 9.47 Å². The Hall–Kier alpha value is -9.93. The topological polar surface area (TPSA) is 97.7 Å². The summed E-state index contributed by atoms with van der Waals surface area (Å²) in [7, 11) is 0. The lowest BCUT2D eigenvalue weighted by atomic mass is 9.99. The first-order valence-electron chi connectivity index (χ1n) is 23.4. The van der Waals surface area contributed by atoms with Crippen molar-refractivity contribution >= 4 is 65.4 Å². The van der Waals surface area contributed by atoms with Crippen LogP contribution in [0.1, 0.15) is 0 Å². The normalized spacial score (nSPS) is 11.7. The summed E-state index contributed by atoms with van der Waals surface area (Å²) < 4.78 is 20.4. The summed E-state index contributed by atoms with van der Waals surface area (Å²) in [4.78, 5) is 23.1. The van der Waals surface area contributed by atoms with E-state index in [0.29, 0.717) is 28.9 Å². The lowest BCUT2D eigenvalue weighted by Crippen LogP contribution is -2.01. The molecule has 71 heavy (non-hydrogen) atoms. The van der Waals surface area contributed by atoms with Gasteiger partial charge in [-0.1, -0.05) is 109 Å². The minimum Gasteiger partial charge on any atom is -0.457 e. The molecule has 0 saturated heterocycles. The van der Waals surface area contributed by atoms with Crippen LogP contribution in [-0.2, 0) is 0 Å². The number of benzene rings is 8. The van der Waals surface area contributed by atoms with Crippen molar-refractivity contribution in [3.05, 3.63) is 231 Å². The monoisotopic (exact) mass is 914 g/mol. The lowest BCUT2D eigenvalue weighted by molar-refractivity contribution is 0.484. The summed E-state index contributed by atoms with van der Waals surface area (Å²) in [5, 5.41) is 6.52. The smallest absolute Gasteiger partial charge is 0.237 e. The Balaban J connectivity index is 0.919. The third-order valence-electron chi connectivity index (χ3n) is 13.3. The lowest BCUT2D eigenvalue weighted by Gasteiger charge is -2.13. The van der Waals surface area contributed by atoms with Gasteiger partial charge in [-0.05, 0) is 95.1 Å². The molecule has 0 amide bonds. The maximum atomic E-state index is 6.95. The van der Waals surface area contributed by atoms with Crippen LogP contribution in [0.3, 0.4) is 0 Å². The summed E-state index contributed by atoms with van der Waals surface area (Å²) in [6.45, 7) is 0. The van der Waals surface area contributed by atoms with Crippen LogP contribution in [0.5, 0.6) is 23.0 Å². The number of fused-ring (bicyclic) bond motifs is 9. The van der Waals surface area contributed by atoms with Gasteiger partial charge in [0.1, 0.15) is 47.3 Å². The molecule has 6 aromatic heterocycles. The standard InChI is InChI=1S/C61H38N8O2/c1-3-15-39(16-4-1)49-31-43(35-55-59(49)47-19-7-9-21-51(47)67(55)57-23-11-13-29-63-57)70-41-25-27-45-46-28-26-42(34-54(46)69(53(45)33-41)61-65-37-62-38-66-61)71-44-32-50(40-17-5-2-6-18-40)60-48-20-8-10-22-52(48)68(56(60)36-44)58-24-12-14-30-64-58/h1-38H. The van der Waals surface area contributed by atoms with Crippen molar-refractivity contribution in [1.82, 2.24) is 38.6 Å². The predicted molar refractivity (Wildman–Crippen MR) is 282 cm³/mol. The van der Waals surface area contributed by atoms with Gasteiger partial charge in [0.15, 0.2) is 0 Å². The molecule has 14 rings (SSSR count). The molecular formula is C61H38N8O2. The molecule has 8 aromatic carbocycles. The molecule has 14 aromatic rings. The number of rotatable bonds is 9. The van der Waals surface area contributed by atoms with Gasteiger partial charge in [0.25, 0.3) is 0 Å². The van der Waals surface area contributed by atoms with E-state index in [4.69, 9.17) is 19.4 Å². The van der Waals surface area contributed by atoms with Gasteiger partial charge in [0.05, 0.1) is 33.1 Å². The van der Waals surface area contributed by atoms with Gasteiger partial charge in [-0.15, -0.1) is 0 Å². The van der Waals surface area contributed by atoms with Crippen molar-refractivity contribution in [2.24, 2.45) is 0 Å². The number of nitrogens with zero attached hydrogens (tertiary/aromatic N) is 8. The van der Waals surface area contributed by atoms with Crippen LogP contribution >= 0.6 is 0 Å². The fourth-order valence-electron chi connectivity index (χ4n) is 10.4. The highest BCUT2D eigenvalue weighted by Crippen LogP contribution is 2.45. The van der Waals surface area contributed by atoms with Gasteiger partial charge in [-0.2, -0.15) is 0 Å². The van der Waals surface area contributed by atoms with Gasteiger partial charge >= 0.3 is 0 Å². The first kappa shape index (κ1) is 40.2. The van der Waals surface area contributed by atoms with E-state index < -0.39 is 0 Å². The Morgan fingerprint density at radius 3 is 1.21 bits per heavy atom. The number of ether oxygens (including phenoxy) is 2. The molecule has 6 heterocycles. The number of pyridine rings is 2. The zero-order valence-corrected chi connectivity index (χ0v) is 37.8. The van der Waals surface area contributed by atoms with Crippen molar-refractivity contribution < 1.29 is 9.47 Å². The zero-order valence-electron chi connectivity index (χ0n) is 37.8. The molecule has 0 N–H and O–H groups in total. The first-order valence-corrected chi connectivity index (χ1v) is 23.4. The molecule has 334 valence electrons. The predicted octanol–water partition coefficient (Wildman–Crippen LogP) is 14.9. The van der Waals surface area contributed by atoms with E-state index in [0.717, 1.165) is 99.3 Å². The summed E-state index contributed by atoms with van der Waals surface area (Å²) in [5.74, 6) is 4.78. The Kier molecular flexibility index (Phi) is 9.27. The Morgan fingerprint density at radius 2 is 0.746 bits per heavy atom. The van der Waals surface area contributed by atoms with Crippen LogP contribution in [0.4, 0.5) is 0 Å². The van der Waals surface area contributed by atoms with E-state index in [1.54, 1.807) is 0 Å². The van der Waals surface area contributed by atoms with Crippen LogP contribution in [0, 0.1) is 0 Å².